The van der Waals surface area contributed by atoms with Crippen LogP contribution in [0.1, 0.15) is 22.7 Å². The molecule has 1 N–H and O–H groups in total. The van der Waals surface area contributed by atoms with Crippen LogP contribution in [0.3, 0.4) is 0 Å². The minimum atomic E-state index is -1.17. The lowest BCUT2D eigenvalue weighted by atomic mass is 9.88. The topological polar surface area (TPSA) is 85.3 Å². The summed E-state index contributed by atoms with van der Waals surface area (Å²) in [7, 11) is 1.48. The second-order valence-corrected chi connectivity index (χ2v) is 7.43. The fourth-order valence-corrected chi connectivity index (χ4v) is 3.96. The molecule has 0 fully saturated rings. The van der Waals surface area contributed by atoms with E-state index in [-0.39, 0.29) is 11.5 Å². The molecule has 0 radical (unpaired) electrons. The maximum absolute atomic E-state index is 14.3. The second-order valence-electron chi connectivity index (χ2n) is 7.43. The number of rotatable bonds is 6. The van der Waals surface area contributed by atoms with Crippen LogP contribution < -0.4 is 14.2 Å². The Bertz CT molecular complexity index is 1180. The molecule has 1 amide bonds. The number of halogens is 1. The van der Waals surface area contributed by atoms with E-state index in [2.05, 4.69) is 0 Å². The lowest BCUT2D eigenvalue weighted by Crippen LogP contribution is -2.42. The van der Waals surface area contributed by atoms with E-state index < -0.39 is 30.5 Å². The molecule has 1 aliphatic heterocycles. The third-order valence-corrected chi connectivity index (χ3v) is 5.40. The first-order chi connectivity index (χ1) is 16.0. The number of carboxylic acid groups (broad SMARTS) is 1. The lowest BCUT2D eigenvalue weighted by molar-refractivity contribution is -0.139. The average Bonchev–Trinajstić information content (AvgIpc) is 2.82. The molecule has 0 saturated heterocycles. The Labute approximate surface area is 189 Å². The number of fused-ring (bicyclic) bond motifs is 1. The summed E-state index contributed by atoms with van der Waals surface area (Å²) in [5.41, 5.74) is 2.11. The van der Waals surface area contributed by atoms with Crippen molar-refractivity contribution < 1.29 is 33.3 Å². The van der Waals surface area contributed by atoms with Gasteiger partial charge in [0.1, 0.15) is 11.6 Å². The van der Waals surface area contributed by atoms with Crippen molar-refractivity contribution in [1.82, 2.24) is 4.90 Å². The SMILES string of the molecule is COc1ccccc1OC(=O)N1CCc2ccccc2C1c1cc(F)ccc1OCC(=O)O. The first-order valence-electron chi connectivity index (χ1n) is 10.3. The fourth-order valence-electron chi connectivity index (χ4n) is 3.96. The quantitative estimate of drug-likeness (QED) is 0.596. The van der Waals surface area contributed by atoms with Crippen LogP contribution in [0.5, 0.6) is 17.2 Å². The van der Waals surface area contributed by atoms with E-state index in [1.807, 2.05) is 24.3 Å². The van der Waals surface area contributed by atoms with Gasteiger partial charge in [-0.25, -0.2) is 14.0 Å². The van der Waals surface area contributed by atoms with Crippen molar-refractivity contribution in [2.45, 2.75) is 12.5 Å². The maximum atomic E-state index is 14.3. The maximum Gasteiger partial charge on any atom is 0.416 e. The smallest absolute Gasteiger partial charge is 0.416 e. The van der Waals surface area contributed by atoms with Crippen LogP contribution in [0.15, 0.2) is 66.7 Å². The fraction of sp³-hybridized carbons (Fsp3) is 0.200. The second kappa shape index (κ2) is 9.60. The molecule has 8 heteroatoms. The number of ether oxygens (including phenoxy) is 3. The number of carboxylic acids is 1. The molecule has 0 bridgehead atoms. The summed E-state index contributed by atoms with van der Waals surface area (Å²) in [6.07, 6.45) is -0.0682. The standard InChI is InChI=1S/C25H22FNO6/c1-31-21-8-4-5-9-22(21)33-25(30)27-13-12-16-6-2-3-7-18(16)24(27)19-14-17(26)10-11-20(19)32-15-23(28)29/h2-11,14,24H,12-13,15H2,1H3,(H,28,29). The zero-order valence-electron chi connectivity index (χ0n) is 17.9. The van der Waals surface area contributed by atoms with E-state index in [9.17, 15) is 14.0 Å². The van der Waals surface area contributed by atoms with Crippen LogP contribution in [0.25, 0.3) is 0 Å². The number of amides is 1. The largest absolute Gasteiger partial charge is 0.493 e. The monoisotopic (exact) mass is 451 g/mol. The van der Waals surface area contributed by atoms with Crippen molar-refractivity contribution >= 4 is 12.1 Å². The third kappa shape index (κ3) is 4.74. The van der Waals surface area contributed by atoms with E-state index in [1.165, 1.54) is 30.2 Å². The van der Waals surface area contributed by atoms with Gasteiger partial charge in [-0.1, -0.05) is 36.4 Å². The van der Waals surface area contributed by atoms with Crippen molar-refractivity contribution in [3.63, 3.8) is 0 Å². The minimum Gasteiger partial charge on any atom is -0.493 e. The Morgan fingerprint density at radius 1 is 1.00 bits per heavy atom. The first-order valence-corrected chi connectivity index (χ1v) is 10.3. The van der Waals surface area contributed by atoms with Crippen molar-refractivity contribution in [2.24, 2.45) is 0 Å². The van der Waals surface area contributed by atoms with Gasteiger partial charge in [0.25, 0.3) is 0 Å². The highest BCUT2D eigenvalue weighted by Gasteiger charge is 2.35. The molecular weight excluding hydrogens is 429 g/mol. The van der Waals surface area contributed by atoms with Crippen LogP contribution in [-0.2, 0) is 11.2 Å². The highest BCUT2D eigenvalue weighted by atomic mass is 19.1. The summed E-state index contributed by atoms with van der Waals surface area (Å²) in [6, 6.07) is 17.4. The summed E-state index contributed by atoms with van der Waals surface area (Å²) < 4.78 is 30.7. The van der Waals surface area contributed by atoms with Gasteiger partial charge in [0, 0.05) is 12.1 Å². The Morgan fingerprint density at radius 3 is 2.48 bits per heavy atom. The van der Waals surface area contributed by atoms with E-state index in [0.717, 1.165) is 11.1 Å². The number of aliphatic carboxylic acids is 1. The molecular formula is C25H22FNO6. The number of carbonyl (C=O) groups is 2. The number of hydrogen-bond donors (Lipinski definition) is 1. The van der Waals surface area contributed by atoms with Gasteiger partial charge in [-0.2, -0.15) is 0 Å². The van der Waals surface area contributed by atoms with Crippen molar-refractivity contribution in [2.75, 3.05) is 20.3 Å². The molecule has 170 valence electrons. The van der Waals surface area contributed by atoms with E-state index in [4.69, 9.17) is 19.3 Å². The molecule has 0 aromatic heterocycles. The minimum absolute atomic E-state index is 0.176. The number of carbonyl (C=O) groups excluding carboxylic acids is 1. The molecule has 0 saturated carbocycles. The molecule has 1 unspecified atom stereocenters. The molecule has 3 aromatic rings. The molecule has 7 nitrogen and oxygen atoms in total. The molecule has 0 spiro atoms. The van der Waals surface area contributed by atoms with Gasteiger partial charge in [-0.15, -0.1) is 0 Å². The summed E-state index contributed by atoms with van der Waals surface area (Å²) >= 11 is 0. The zero-order valence-corrected chi connectivity index (χ0v) is 17.9. The Morgan fingerprint density at radius 2 is 1.73 bits per heavy atom. The van der Waals surface area contributed by atoms with Gasteiger partial charge in [0.15, 0.2) is 18.1 Å². The lowest BCUT2D eigenvalue weighted by Gasteiger charge is -2.37. The summed E-state index contributed by atoms with van der Waals surface area (Å²) in [5, 5.41) is 9.05. The Kier molecular flexibility index (Phi) is 6.44. The van der Waals surface area contributed by atoms with Gasteiger partial charge in [0.2, 0.25) is 0 Å². The van der Waals surface area contributed by atoms with Crippen molar-refractivity contribution in [1.29, 1.82) is 0 Å². The van der Waals surface area contributed by atoms with Crippen molar-refractivity contribution in [3.8, 4) is 17.2 Å². The zero-order chi connectivity index (χ0) is 23.4. The molecule has 1 heterocycles. The summed E-state index contributed by atoms with van der Waals surface area (Å²) in [5.74, 6) is -0.869. The molecule has 4 rings (SSSR count). The van der Waals surface area contributed by atoms with Crippen LogP contribution in [0.2, 0.25) is 0 Å². The summed E-state index contributed by atoms with van der Waals surface area (Å²) in [6.45, 7) is -0.288. The normalized spacial score (nSPS) is 14.8. The number of benzene rings is 3. The Balaban J connectivity index is 1.76. The Hall–Kier alpha value is -4.07. The molecule has 3 aromatic carbocycles. The van der Waals surface area contributed by atoms with Gasteiger partial charge in [-0.05, 0) is 47.9 Å². The summed E-state index contributed by atoms with van der Waals surface area (Å²) in [4.78, 5) is 25.9. The predicted octanol–water partition coefficient (Wildman–Crippen LogP) is 4.44. The molecule has 0 aliphatic carbocycles. The molecule has 33 heavy (non-hydrogen) atoms. The number of methoxy groups -OCH3 is 1. The average molecular weight is 451 g/mol. The molecule has 1 atom stereocenters. The number of para-hydroxylation sites is 2. The van der Waals surface area contributed by atoms with E-state index in [0.29, 0.717) is 24.3 Å². The van der Waals surface area contributed by atoms with E-state index >= 15 is 0 Å². The number of hydrogen-bond acceptors (Lipinski definition) is 5. The van der Waals surface area contributed by atoms with Gasteiger partial charge in [-0.3, -0.25) is 4.90 Å². The van der Waals surface area contributed by atoms with E-state index in [1.54, 1.807) is 24.3 Å². The number of nitrogens with zero attached hydrogens (tertiary/aromatic N) is 1. The van der Waals surface area contributed by atoms with Gasteiger partial charge >= 0.3 is 12.1 Å². The van der Waals surface area contributed by atoms with Crippen LogP contribution in [0, 0.1) is 5.82 Å². The predicted molar refractivity (Wildman–Crippen MR) is 117 cm³/mol. The highest BCUT2D eigenvalue weighted by Crippen LogP contribution is 2.40. The van der Waals surface area contributed by atoms with Crippen LogP contribution in [-0.4, -0.2) is 42.3 Å². The van der Waals surface area contributed by atoms with Crippen LogP contribution in [0.4, 0.5) is 9.18 Å². The van der Waals surface area contributed by atoms with Crippen molar-refractivity contribution in [3.05, 3.63) is 89.2 Å². The molecule has 1 aliphatic rings. The highest BCUT2D eigenvalue weighted by molar-refractivity contribution is 5.74. The first kappa shape index (κ1) is 22.1. The van der Waals surface area contributed by atoms with Gasteiger partial charge < -0.3 is 19.3 Å². The van der Waals surface area contributed by atoms with Crippen LogP contribution >= 0.6 is 0 Å². The van der Waals surface area contributed by atoms with Gasteiger partial charge in [0.05, 0.1) is 13.2 Å². The third-order valence-electron chi connectivity index (χ3n) is 5.40.